The molecule has 1 unspecified atom stereocenters. The molecular formula is C19H24ClN. The molecule has 21 heavy (non-hydrogen) atoms. The van der Waals surface area contributed by atoms with Crippen LogP contribution in [0.15, 0.2) is 48.5 Å². The fourth-order valence-electron chi connectivity index (χ4n) is 2.53. The second-order valence-electron chi connectivity index (χ2n) is 5.39. The standard InChI is InChI=1S/C19H24ClN/c1-3-15-5-9-17(10-6-15)19(4-2)21-14-13-16-7-11-18(20)12-8-16/h5-12,19,21H,3-4,13-14H2,1-2H3. The normalized spacial score (nSPS) is 12.3. The molecular weight excluding hydrogens is 278 g/mol. The summed E-state index contributed by atoms with van der Waals surface area (Å²) >= 11 is 5.91. The molecule has 112 valence electrons. The molecule has 2 aromatic rings. The lowest BCUT2D eigenvalue weighted by Gasteiger charge is -2.18. The molecule has 2 aromatic carbocycles. The van der Waals surface area contributed by atoms with Gasteiger partial charge in [0.25, 0.3) is 0 Å². The first-order chi connectivity index (χ1) is 10.2. The van der Waals surface area contributed by atoms with Crippen LogP contribution in [0.25, 0.3) is 0 Å². The predicted molar refractivity (Wildman–Crippen MR) is 92.0 cm³/mol. The minimum absolute atomic E-state index is 0.434. The molecule has 0 saturated heterocycles. The quantitative estimate of drug-likeness (QED) is 0.742. The van der Waals surface area contributed by atoms with Crippen molar-refractivity contribution in [1.29, 1.82) is 0 Å². The van der Waals surface area contributed by atoms with Crippen LogP contribution in [0.2, 0.25) is 5.02 Å². The van der Waals surface area contributed by atoms with Gasteiger partial charge in [-0.2, -0.15) is 0 Å². The van der Waals surface area contributed by atoms with Crippen LogP contribution >= 0.6 is 11.6 Å². The molecule has 0 saturated carbocycles. The summed E-state index contributed by atoms with van der Waals surface area (Å²) in [4.78, 5) is 0. The largest absolute Gasteiger partial charge is 0.310 e. The van der Waals surface area contributed by atoms with E-state index in [1.54, 1.807) is 0 Å². The Labute approximate surface area is 133 Å². The third-order valence-electron chi connectivity index (χ3n) is 3.92. The summed E-state index contributed by atoms with van der Waals surface area (Å²) in [5, 5.41) is 4.45. The van der Waals surface area contributed by atoms with Gasteiger partial charge in [0.2, 0.25) is 0 Å². The molecule has 1 N–H and O–H groups in total. The summed E-state index contributed by atoms with van der Waals surface area (Å²) in [6.07, 6.45) is 3.23. The SMILES string of the molecule is CCc1ccc(C(CC)NCCc2ccc(Cl)cc2)cc1. The minimum Gasteiger partial charge on any atom is -0.310 e. The van der Waals surface area contributed by atoms with E-state index in [-0.39, 0.29) is 0 Å². The lowest BCUT2D eigenvalue weighted by Crippen LogP contribution is -2.23. The van der Waals surface area contributed by atoms with E-state index < -0.39 is 0 Å². The van der Waals surface area contributed by atoms with E-state index in [0.29, 0.717) is 6.04 Å². The molecule has 0 radical (unpaired) electrons. The zero-order chi connectivity index (χ0) is 15.1. The second kappa shape index (κ2) is 8.21. The fourth-order valence-corrected chi connectivity index (χ4v) is 2.65. The number of halogens is 1. The van der Waals surface area contributed by atoms with E-state index in [1.165, 1.54) is 16.7 Å². The summed E-state index contributed by atoms with van der Waals surface area (Å²) in [6.45, 7) is 5.40. The molecule has 0 aliphatic heterocycles. The Morgan fingerprint density at radius 1 is 0.905 bits per heavy atom. The maximum atomic E-state index is 5.91. The van der Waals surface area contributed by atoms with E-state index in [9.17, 15) is 0 Å². The Kier molecular flexibility index (Phi) is 6.28. The topological polar surface area (TPSA) is 12.0 Å². The van der Waals surface area contributed by atoms with E-state index in [2.05, 4.69) is 55.6 Å². The third-order valence-corrected chi connectivity index (χ3v) is 4.17. The highest BCUT2D eigenvalue weighted by molar-refractivity contribution is 6.30. The maximum Gasteiger partial charge on any atom is 0.0406 e. The van der Waals surface area contributed by atoms with Crippen LogP contribution in [0.3, 0.4) is 0 Å². The molecule has 0 spiro atoms. The van der Waals surface area contributed by atoms with Crippen molar-refractivity contribution in [3.05, 3.63) is 70.2 Å². The van der Waals surface area contributed by atoms with Crippen LogP contribution in [0.5, 0.6) is 0 Å². The Balaban J connectivity index is 1.88. The third kappa shape index (κ3) is 4.87. The predicted octanol–water partition coefficient (Wildman–Crippen LogP) is 5.19. The van der Waals surface area contributed by atoms with Gasteiger partial charge in [-0.25, -0.2) is 0 Å². The molecule has 0 aliphatic carbocycles. The number of hydrogen-bond donors (Lipinski definition) is 1. The first-order valence-electron chi connectivity index (χ1n) is 7.79. The molecule has 1 nitrogen and oxygen atoms in total. The zero-order valence-electron chi connectivity index (χ0n) is 12.9. The van der Waals surface area contributed by atoms with Crippen LogP contribution in [0, 0.1) is 0 Å². The van der Waals surface area contributed by atoms with Crippen LogP contribution in [-0.2, 0) is 12.8 Å². The van der Waals surface area contributed by atoms with E-state index in [4.69, 9.17) is 11.6 Å². The number of aryl methyl sites for hydroxylation is 1. The first-order valence-corrected chi connectivity index (χ1v) is 8.17. The van der Waals surface area contributed by atoms with Gasteiger partial charge in [-0.1, -0.05) is 61.8 Å². The summed E-state index contributed by atoms with van der Waals surface area (Å²) < 4.78 is 0. The fraction of sp³-hybridized carbons (Fsp3) is 0.368. The highest BCUT2D eigenvalue weighted by Crippen LogP contribution is 2.17. The van der Waals surface area contributed by atoms with Crippen LogP contribution < -0.4 is 5.32 Å². The van der Waals surface area contributed by atoms with Gasteiger partial charge in [-0.15, -0.1) is 0 Å². The Bertz CT molecular complexity index is 530. The molecule has 0 aliphatic rings. The van der Waals surface area contributed by atoms with Gasteiger partial charge >= 0.3 is 0 Å². The summed E-state index contributed by atoms with van der Waals surface area (Å²) in [7, 11) is 0. The van der Waals surface area contributed by atoms with Gasteiger partial charge in [0.1, 0.15) is 0 Å². The molecule has 1 atom stereocenters. The van der Waals surface area contributed by atoms with E-state index >= 15 is 0 Å². The van der Waals surface area contributed by atoms with Crippen molar-refractivity contribution in [1.82, 2.24) is 5.32 Å². The van der Waals surface area contributed by atoms with Gasteiger partial charge in [-0.3, -0.25) is 0 Å². The van der Waals surface area contributed by atoms with Crippen molar-refractivity contribution in [2.24, 2.45) is 0 Å². The highest BCUT2D eigenvalue weighted by Gasteiger charge is 2.08. The van der Waals surface area contributed by atoms with Gasteiger partial charge in [0.15, 0.2) is 0 Å². The average molecular weight is 302 g/mol. The van der Waals surface area contributed by atoms with E-state index in [1.807, 2.05) is 12.1 Å². The zero-order valence-corrected chi connectivity index (χ0v) is 13.7. The first kappa shape index (κ1) is 16.1. The van der Waals surface area contributed by atoms with Gasteiger partial charge in [0, 0.05) is 11.1 Å². The van der Waals surface area contributed by atoms with Crippen molar-refractivity contribution in [3.8, 4) is 0 Å². The minimum atomic E-state index is 0.434. The van der Waals surface area contributed by atoms with Crippen molar-refractivity contribution >= 4 is 11.6 Å². The number of benzene rings is 2. The lowest BCUT2D eigenvalue weighted by molar-refractivity contribution is 0.522. The van der Waals surface area contributed by atoms with Crippen molar-refractivity contribution in [2.45, 2.75) is 39.2 Å². The average Bonchev–Trinajstić information content (AvgIpc) is 2.53. The number of rotatable bonds is 7. The second-order valence-corrected chi connectivity index (χ2v) is 5.82. The van der Waals surface area contributed by atoms with Crippen molar-refractivity contribution in [2.75, 3.05) is 6.54 Å². The van der Waals surface area contributed by atoms with Crippen molar-refractivity contribution in [3.63, 3.8) is 0 Å². The van der Waals surface area contributed by atoms with Gasteiger partial charge in [0.05, 0.1) is 0 Å². The van der Waals surface area contributed by atoms with Crippen LogP contribution in [0.1, 0.15) is 43.0 Å². The smallest absolute Gasteiger partial charge is 0.0406 e. The Morgan fingerprint density at radius 3 is 2.10 bits per heavy atom. The van der Waals surface area contributed by atoms with Crippen LogP contribution in [-0.4, -0.2) is 6.54 Å². The van der Waals surface area contributed by atoms with Gasteiger partial charge < -0.3 is 5.32 Å². The molecule has 0 bridgehead atoms. The lowest BCUT2D eigenvalue weighted by atomic mass is 10.0. The number of nitrogens with one attached hydrogen (secondary N) is 1. The van der Waals surface area contributed by atoms with Crippen LogP contribution in [0.4, 0.5) is 0 Å². The monoisotopic (exact) mass is 301 g/mol. The molecule has 0 fully saturated rings. The Morgan fingerprint density at radius 2 is 1.52 bits per heavy atom. The summed E-state index contributed by atoms with van der Waals surface area (Å²) in [6, 6.07) is 17.5. The maximum absolute atomic E-state index is 5.91. The van der Waals surface area contributed by atoms with Gasteiger partial charge in [-0.05, 0) is 54.6 Å². The molecule has 0 heterocycles. The highest BCUT2D eigenvalue weighted by atomic mass is 35.5. The van der Waals surface area contributed by atoms with Crippen molar-refractivity contribution < 1.29 is 0 Å². The molecule has 0 aromatic heterocycles. The molecule has 2 rings (SSSR count). The summed E-state index contributed by atoms with van der Waals surface area (Å²) in [5.41, 5.74) is 4.10. The van der Waals surface area contributed by atoms with E-state index in [0.717, 1.165) is 30.8 Å². The Hall–Kier alpha value is -1.31. The molecule has 2 heteroatoms. The molecule has 0 amide bonds. The summed E-state index contributed by atoms with van der Waals surface area (Å²) in [5.74, 6) is 0. The number of hydrogen-bond acceptors (Lipinski definition) is 1.